The predicted octanol–water partition coefficient (Wildman–Crippen LogP) is 3.47. The molecule has 0 aliphatic carbocycles. The van der Waals surface area contributed by atoms with Crippen LogP contribution in [-0.2, 0) is 11.3 Å². The van der Waals surface area contributed by atoms with Gasteiger partial charge in [0.1, 0.15) is 11.6 Å². The van der Waals surface area contributed by atoms with Crippen molar-refractivity contribution in [3.05, 3.63) is 52.7 Å². The van der Waals surface area contributed by atoms with Crippen molar-refractivity contribution in [2.45, 2.75) is 31.9 Å². The second-order valence-corrected chi connectivity index (χ2v) is 7.44. The minimum atomic E-state index is -0.537. The molecule has 1 fully saturated rings. The number of nitrogens with one attached hydrogen (secondary N) is 3. The minimum absolute atomic E-state index is 0.0507. The fourth-order valence-electron chi connectivity index (χ4n) is 3.39. The summed E-state index contributed by atoms with van der Waals surface area (Å²) in [4.78, 5) is 16.3. The maximum Gasteiger partial charge on any atom is 0.178 e. The van der Waals surface area contributed by atoms with Crippen LogP contribution in [0.5, 0.6) is 0 Å². The van der Waals surface area contributed by atoms with Crippen molar-refractivity contribution in [3.63, 3.8) is 0 Å². The molecule has 3 heterocycles. The average molecular weight is 433 g/mol. The number of aromatic amines is 1. The average Bonchev–Trinajstić information content (AvgIpc) is 3.18. The van der Waals surface area contributed by atoms with Gasteiger partial charge in [0, 0.05) is 24.9 Å². The number of benzene rings is 1. The van der Waals surface area contributed by atoms with Gasteiger partial charge in [0.2, 0.25) is 0 Å². The molecule has 8 nitrogen and oxygen atoms in total. The van der Waals surface area contributed by atoms with Gasteiger partial charge in [-0.15, -0.1) is 0 Å². The highest BCUT2D eigenvalue weighted by Crippen LogP contribution is 2.23. The van der Waals surface area contributed by atoms with E-state index in [1.165, 1.54) is 24.6 Å². The van der Waals surface area contributed by atoms with E-state index >= 15 is 0 Å². The third-order valence-corrected chi connectivity index (χ3v) is 5.17. The van der Waals surface area contributed by atoms with Crippen LogP contribution in [0, 0.1) is 5.82 Å². The Bertz CT molecular complexity index is 1050. The van der Waals surface area contributed by atoms with Crippen molar-refractivity contribution in [3.8, 4) is 0 Å². The van der Waals surface area contributed by atoms with Crippen LogP contribution in [-0.4, -0.2) is 45.3 Å². The molecular weight excluding hydrogens is 411 g/mol. The lowest BCUT2D eigenvalue weighted by Crippen LogP contribution is -2.31. The largest absolute Gasteiger partial charge is 0.377 e. The number of aromatic nitrogens is 3. The van der Waals surface area contributed by atoms with Gasteiger partial charge in [0.25, 0.3) is 0 Å². The van der Waals surface area contributed by atoms with Crippen LogP contribution in [0.1, 0.15) is 30.7 Å². The first kappa shape index (κ1) is 20.7. The fraction of sp³-hybridized carbons (Fsp3) is 0.350. The number of aliphatic imine (C=N–C) groups is 1. The van der Waals surface area contributed by atoms with Gasteiger partial charge in [0.15, 0.2) is 11.5 Å². The maximum atomic E-state index is 13.4. The standard InChI is InChI=1S/C20H22ClFN6O2/c21-15-9-12(4-5-16(15)22)25-19(28-29)14-6-7-24-20-18(14)26-17(27-20)11-23-10-13-3-1-2-8-30-13/h4-7,9,13,23,29H,1-3,8,10-11H2,(H,25,28)(H,24,26,27). The van der Waals surface area contributed by atoms with Gasteiger partial charge in [-0.3, -0.25) is 10.7 Å². The summed E-state index contributed by atoms with van der Waals surface area (Å²) in [7, 11) is 0. The number of rotatable bonds is 6. The zero-order valence-corrected chi connectivity index (χ0v) is 16.9. The lowest BCUT2D eigenvalue weighted by atomic mass is 10.1. The molecule has 0 saturated carbocycles. The monoisotopic (exact) mass is 432 g/mol. The Morgan fingerprint density at radius 3 is 3.03 bits per heavy atom. The summed E-state index contributed by atoms with van der Waals surface area (Å²) >= 11 is 5.82. The SMILES string of the molecule is ONC(=Nc1ccc(F)c(Cl)c1)c1ccnc2nc(CNCC3CCCCO3)[nH]c12. The third kappa shape index (κ3) is 4.76. The van der Waals surface area contributed by atoms with Gasteiger partial charge in [-0.2, -0.15) is 0 Å². The second-order valence-electron chi connectivity index (χ2n) is 7.03. The number of hydrogen-bond acceptors (Lipinski definition) is 6. The lowest BCUT2D eigenvalue weighted by Gasteiger charge is -2.22. The van der Waals surface area contributed by atoms with Crippen LogP contribution in [0.15, 0.2) is 35.5 Å². The number of amidine groups is 1. The molecule has 4 rings (SSSR count). The summed E-state index contributed by atoms with van der Waals surface area (Å²) in [6, 6.07) is 5.75. The highest BCUT2D eigenvalue weighted by molar-refractivity contribution is 6.31. The molecule has 2 aromatic heterocycles. The number of hydroxylamine groups is 1. The molecule has 0 bridgehead atoms. The first-order valence-electron chi connectivity index (χ1n) is 9.74. The summed E-state index contributed by atoms with van der Waals surface area (Å²) in [5.74, 6) is 0.330. The molecule has 1 atom stereocenters. The molecule has 1 aliphatic rings. The van der Waals surface area contributed by atoms with E-state index in [9.17, 15) is 9.60 Å². The van der Waals surface area contributed by atoms with E-state index in [2.05, 4.69) is 30.7 Å². The molecule has 158 valence electrons. The summed E-state index contributed by atoms with van der Waals surface area (Å²) in [6.07, 6.45) is 5.20. The van der Waals surface area contributed by atoms with Gasteiger partial charge in [0.05, 0.1) is 28.9 Å². The van der Waals surface area contributed by atoms with Crippen molar-refractivity contribution in [2.75, 3.05) is 13.2 Å². The van der Waals surface area contributed by atoms with Gasteiger partial charge >= 0.3 is 0 Å². The number of halogens is 2. The molecule has 10 heteroatoms. The van der Waals surface area contributed by atoms with E-state index in [-0.39, 0.29) is 17.0 Å². The van der Waals surface area contributed by atoms with Crippen molar-refractivity contribution < 1.29 is 14.3 Å². The summed E-state index contributed by atoms with van der Waals surface area (Å²) in [5.41, 5.74) is 4.17. The van der Waals surface area contributed by atoms with Crippen LogP contribution in [0.3, 0.4) is 0 Å². The van der Waals surface area contributed by atoms with Gasteiger partial charge in [-0.1, -0.05) is 11.6 Å². The predicted molar refractivity (Wildman–Crippen MR) is 112 cm³/mol. The van der Waals surface area contributed by atoms with E-state index in [1.807, 2.05) is 0 Å². The summed E-state index contributed by atoms with van der Waals surface area (Å²) in [5, 5.41) is 13.0. The van der Waals surface area contributed by atoms with E-state index < -0.39 is 5.82 Å². The first-order valence-corrected chi connectivity index (χ1v) is 10.1. The van der Waals surface area contributed by atoms with E-state index in [4.69, 9.17) is 16.3 Å². The number of hydrogen-bond donors (Lipinski definition) is 4. The smallest absolute Gasteiger partial charge is 0.178 e. The minimum Gasteiger partial charge on any atom is -0.377 e. The molecule has 1 saturated heterocycles. The zero-order chi connectivity index (χ0) is 20.9. The number of fused-ring (bicyclic) bond motifs is 1. The number of pyridine rings is 1. The number of ether oxygens (including phenoxy) is 1. The second kappa shape index (κ2) is 9.48. The number of imidazole rings is 1. The number of nitrogens with zero attached hydrogens (tertiary/aromatic N) is 3. The summed E-state index contributed by atoms with van der Waals surface area (Å²) < 4.78 is 19.1. The van der Waals surface area contributed by atoms with Gasteiger partial charge in [-0.25, -0.2) is 19.4 Å². The Labute approximate surface area is 177 Å². The van der Waals surface area contributed by atoms with Crippen molar-refractivity contribution in [2.24, 2.45) is 4.99 Å². The molecule has 3 aromatic rings. The Hall–Kier alpha value is -2.59. The highest BCUT2D eigenvalue weighted by atomic mass is 35.5. The molecule has 0 radical (unpaired) electrons. The van der Waals surface area contributed by atoms with Gasteiger partial charge in [-0.05, 0) is 43.5 Å². The molecule has 1 unspecified atom stereocenters. The molecule has 4 N–H and O–H groups in total. The quantitative estimate of drug-likeness (QED) is 0.270. The Morgan fingerprint density at radius 2 is 2.27 bits per heavy atom. The van der Waals surface area contributed by atoms with Crippen LogP contribution in [0.2, 0.25) is 5.02 Å². The maximum absolute atomic E-state index is 13.4. The van der Waals surface area contributed by atoms with Crippen LogP contribution in [0.4, 0.5) is 10.1 Å². The van der Waals surface area contributed by atoms with Crippen LogP contribution < -0.4 is 10.8 Å². The van der Waals surface area contributed by atoms with Crippen LogP contribution >= 0.6 is 11.6 Å². The summed E-state index contributed by atoms with van der Waals surface area (Å²) in [6.45, 7) is 2.11. The molecule has 30 heavy (non-hydrogen) atoms. The Kier molecular flexibility index (Phi) is 6.53. The molecule has 1 aromatic carbocycles. The van der Waals surface area contributed by atoms with Crippen molar-refractivity contribution in [1.82, 2.24) is 25.7 Å². The molecule has 1 aliphatic heterocycles. The Morgan fingerprint density at radius 1 is 1.37 bits per heavy atom. The molecule has 0 amide bonds. The third-order valence-electron chi connectivity index (χ3n) is 4.88. The first-order chi connectivity index (χ1) is 14.6. The van der Waals surface area contributed by atoms with E-state index in [1.54, 1.807) is 12.3 Å². The van der Waals surface area contributed by atoms with Crippen LogP contribution in [0.25, 0.3) is 11.2 Å². The fourth-order valence-corrected chi connectivity index (χ4v) is 3.56. The lowest BCUT2D eigenvalue weighted by molar-refractivity contribution is 0.0167. The topological polar surface area (TPSA) is 107 Å². The highest BCUT2D eigenvalue weighted by Gasteiger charge is 2.15. The van der Waals surface area contributed by atoms with Crippen molar-refractivity contribution >= 4 is 34.3 Å². The Balaban J connectivity index is 1.54. The zero-order valence-electron chi connectivity index (χ0n) is 16.2. The normalized spacial score (nSPS) is 17.4. The molecule has 0 spiro atoms. The van der Waals surface area contributed by atoms with Crippen molar-refractivity contribution in [1.29, 1.82) is 0 Å². The molecular formula is C20H22ClFN6O2. The van der Waals surface area contributed by atoms with Gasteiger partial charge < -0.3 is 15.0 Å². The number of H-pyrrole nitrogens is 1. The van der Waals surface area contributed by atoms with E-state index in [0.717, 1.165) is 26.0 Å². The van der Waals surface area contributed by atoms with E-state index in [0.29, 0.717) is 34.8 Å².